The number of rotatable bonds is 10. The molecule has 5 heterocycles. The maximum absolute atomic E-state index is 16.7. The number of ether oxygens (including phenoxy) is 4. The van der Waals surface area contributed by atoms with Crippen LogP contribution in [-0.4, -0.2) is 112 Å². The average molecular weight is 937 g/mol. The summed E-state index contributed by atoms with van der Waals surface area (Å²) in [5.41, 5.74) is 4.36. The van der Waals surface area contributed by atoms with E-state index in [1.54, 1.807) is 35.4 Å². The van der Waals surface area contributed by atoms with Crippen LogP contribution in [0.1, 0.15) is 95.7 Å². The Morgan fingerprint density at radius 3 is 2.04 bits per heavy atom. The molecule has 1 saturated carbocycles. The summed E-state index contributed by atoms with van der Waals surface area (Å²) in [7, 11) is 2.51. The smallest absolute Gasteiger partial charge is 0.407 e. The Bertz CT molecular complexity index is 2780. The summed E-state index contributed by atoms with van der Waals surface area (Å²) in [6.07, 6.45) is 3.15. The van der Waals surface area contributed by atoms with Crippen LogP contribution in [-0.2, 0) is 34.5 Å². The predicted octanol–water partition coefficient (Wildman–Crippen LogP) is 8.21. The molecule has 4 fully saturated rings. The van der Waals surface area contributed by atoms with E-state index in [2.05, 4.69) is 25.6 Å². The Hall–Kier alpha value is -6.40. The number of carbonyl (C=O) groups is 4. The summed E-state index contributed by atoms with van der Waals surface area (Å²) in [5.74, 6) is -4.04. The molecular formula is C50H58F2N8O8. The fourth-order valence-electron chi connectivity index (χ4n) is 11.0. The Balaban J connectivity index is 0.00000578. The number of nitrogens with zero attached hydrogens (tertiary/aromatic N) is 4. The molecule has 0 radical (unpaired) electrons. The Kier molecular flexibility index (Phi) is 12.1. The molecule has 2 aromatic heterocycles. The molecule has 16 nitrogen and oxygen atoms in total. The molecule has 5 aromatic rings. The highest BCUT2D eigenvalue weighted by molar-refractivity contribution is 5.89. The van der Waals surface area contributed by atoms with Crippen molar-refractivity contribution < 1.29 is 46.9 Å². The fraction of sp³-hybridized carbons (Fsp3) is 0.480. The number of alkyl carbamates (subject to hydrolysis) is 2. The van der Waals surface area contributed by atoms with E-state index < -0.39 is 42.0 Å². The number of H-pyrrole nitrogens is 2. The number of fused-ring (bicyclic) bond motifs is 6. The van der Waals surface area contributed by atoms with Crippen LogP contribution in [0.15, 0.2) is 60.8 Å². The van der Waals surface area contributed by atoms with Gasteiger partial charge in [0.05, 0.1) is 69.0 Å². The first-order chi connectivity index (χ1) is 32.1. The first-order valence-electron chi connectivity index (χ1n) is 22.9. The van der Waals surface area contributed by atoms with Crippen molar-refractivity contribution in [3.63, 3.8) is 0 Å². The lowest BCUT2D eigenvalue weighted by molar-refractivity contribution is -0.153. The van der Waals surface area contributed by atoms with Gasteiger partial charge in [0.15, 0.2) is 5.79 Å². The highest BCUT2D eigenvalue weighted by Crippen LogP contribution is 2.54. The molecule has 0 unspecified atom stereocenters. The molecule has 1 spiro atoms. The maximum Gasteiger partial charge on any atom is 0.407 e. The number of hydrogen-bond donors (Lipinski definition) is 4. The molecule has 2 aliphatic carbocycles. The summed E-state index contributed by atoms with van der Waals surface area (Å²) in [6.45, 7) is 8.26. The molecule has 4 amide bonds. The van der Waals surface area contributed by atoms with E-state index in [0.29, 0.717) is 58.3 Å². The molecule has 18 heteroatoms. The summed E-state index contributed by atoms with van der Waals surface area (Å²) in [4.78, 5) is 72.4. The minimum Gasteiger partial charge on any atom is -0.453 e. The maximum atomic E-state index is 16.7. The van der Waals surface area contributed by atoms with E-state index in [-0.39, 0.29) is 73.2 Å². The number of piperidine rings is 1. The number of amides is 4. The van der Waals surface area contributed by atoms with E-state index in [1.165, 1.54) is 20.3 Å². The van der Waals surface area contributed by atoms with Gasteiger partial charge in [-0.2, -0.15) is 8.78 Å². The van der Waals surface area contributed by atoms with E-state index >= 15 is 8.78 Å². The highest BCUT2D eigenvalue weighted by Gasteiger charge is 2.54. The standard InChI is InChI=1S/C49H54F2N8O8.CH4/c1-24(2)39(56-46(62)64-5)44(60)58-23-48(66-15-16-67-48)21-38(58)42-52-22-37(55-42)28-9-13-32-31-12-8-26(18-33(31)49(50,51)34(32)19-28)27-10-14-35-36(20-27)54-43(53-35)41-29-7-11-30(17-29)59(41)45(61)40(25(3)4)57-47(63)65-6;/h8-10,12-14,18-20,22,24-25,29-30,38-41H,7,11,15-17,21,23H2,1-6H3,(H,52,55)(H,53,54)(H,56,62)(H,57,63);1H4/t29-,30+,38-,39-,40-,41-;/m0./s1. The van der Waals surface area contributed by atoms with Gasteiger partial charge in [-0.05, 0) is 83.5 Å². The van der Waals surface area contributed by atoms with Crippen molar-refractivity contribution in [2.45, 2.75) is 103 Å². The number of alkyl halides is 2. The van der Waals surface area contributed by atoms with Gasteiger partial charge in [-0.1, -0.05) is 65.5 Å². The van der Waals surface area contributed by atoms with Crippen molar-refractivity contribution in [3.05, 3.63) is 83.6 Å². The van der Waals surface area contributed by atoms with Crippen molar-refractivity contribution in [1.82, 2.24) is 40.4 Å². The summed E-state index contributed by atoms with van der Waals surface area (Å²) in [6, 6.07) is 13.2. The van der Waals surface area contributed by atoms with Crippen LogP contribution in [0.5, 0.6) is 0 Å². The number of imidazole rings is 2. The van der Waals surface area contributed by atoms with Crippen LogP contribution >= 0.6 is 0 Å². The van der Waals surface area contributed by atoms with Gasteiger partial charge in [-0.15, -0.1) is 0 Å². The molecule has 3 aliphatic heterocycles. The molecule has 4 N–H and O–H groups in total. The van der Waals surface area contributed by atoms with E-state index in [4.69, 9.17) is 23.9 Å². The van der Waals surface area contributed by atoms with Gasteiger partial charge in [0.2, 0.25) is 11.8 Å². The Labute approximate surface area is 392 Å². The van der Waals surface area contributed by atoms with E-state index in [1.807, 2.05) is 56.9 Å². The topological polar surface area (TPSA) is 193 Å². The van der Waals surface area contributed by atoms with Gasteiger partial charge in [0, 0.05) is 29.2 Å². The minimum absolute atomic E-state index is 0. The summed E-state index contributed by atoms with van der Waals surface area (Å²) < 4.78 is 55.1. The van der Waals surface area contributed by atoms with Crippen LogP contribution in [0, 0.1) is 17.8 Å². The van der Waals surface area contributed by atoms with Gasteiger partial charge in [0.25, 0.3) is 5.92 Å². The second kappa shape index (κ2) is 17.6. The fourth-order valence-corrected chi connectivity index (χ4v) is 11.0. The monoisotopic (exact) mass is 936 g/mol. The van der Waals surface area contributed by atoms with Crippen LogP contribution in [0.4, 0.5) is 18.4 Å². The third-order valence-electron chi connectivity index (χ3n) is 14.4. The number of methoxy groups -OCH3 is 2. The second-order valence-electron chi connectivity index (χ2n) is 19.1. The van der Waals surface area contributed by atoms with Crippen molar-refractivity contribution >= 4 is 35.0 Å². The third-order valence-corrected chi connectivity index (χ3v) is 14.4. The molecule has 68 heavy (non-hydrogen) atoms. The SMILES string of the molecule is C.COC(=O)N[C@H](C(=O)N1CC2(C[C@H]1c1ncc(-c3ccc4c(c3)C(F)(F)c3cc(-c5ccc6nc([C@@H]7[C@H]8CC[C@H](C8)N7C(=O)[C@@H](NC(=O)OC)C(C)C)[nH]c6c5)ccc3-4)[nH]1)OCCO2)C(C)C. The molecule has 6 atom stereocenters. The predicted molar refractivity (Wildman–Crippen MR) is 247 cm³/mol. The molecule has 3 aromatic carbocycles. The molecule has 10 rings (SSSR count). The van der Waals surface area contributed by atoms with Gasteiger partial charge in [0.1, 0.15) is 23.7 Å². The zero-order valence-electron chi connectivity index (χ0n) is 38.2. The van der Waals surface area contributed by atoms with E-state index in [0.717, 1.165) is 30.3 Å². The summed E-state index contributed by atoms with van der Waals surface area (Å²) in [5, 5.41) is 5.38. The second-order valence-corrected chi connectivity index (χ2v) is 19.1. The number of aromatic nitrogens is 4. The number of nitrogens with one attached hydrogen (secondary N) is 4. The lowest BCUT2D eigenvalue weighted by Crippen LogP contribution is -2.54. The number of aromatic amines is 2. The zero-order chi connectivity index (χ0) is 47.1. The Morgan fingerprint density at radius 2 is 1.40 bits per heavy atom. The lowest BCUT2D eigenvalue weighted by Gasteiger charge is -2.37. The zero-order valence-corrected chi connectivity index (χ0v) is 38.2. The van der Waals surface area contributed by atoms with Crippen LogP contribution in [0.25, 0.3) is 44.5 Å². The molecule has 2 bridgehead atoms. The molecule has 3 saturated heterocycles. The number of likely N-dealkylation sites (tertiary alicyclic amines) is 2. The first kappa shape index (κ1) is 46.7. The first-order valence-corrected chi connectivity index (χ1v) is 22.9. The van der Waals surface area contributed by atoms with E-state index in [9.17, 15) is 19.2 Å². The van der Waals surface area contributed by atoms with Crippen LogP contribution in [0.3, 0.4) is 0 Å². The Morgan fingerprint density at radius 1 is 0.794 bits per heavy atom. The number of benzene rings is 3. The van der Waals surface area contributed by atoms with Gasteiger partial charge in [-0.3, -0.25) is 9.59 Å². The van der Waals surface area contributed by atoms with Crippen molar-refractivity contribution in [3.8, 4) is 33.5 Å². The molecular weight excluding hydrogens is 879 g/mol. The van der Waals surface area contributed by atoms with Crippen molar-refractivity contribution in [1.29, 1.82) is 0 Å². The van der Waals surface area contributed by atoms with Crippen LogP contribution in [0.2, 0.25) is 0 Å². The molecule has 360 valence electrons. The van der Waals surface area contributed by atoms with Crippen molar-refractivity contribution in [2.24, 2.45) is 17.8 Å². The summed E-state index contributed by atoms with van der Waals surface area (Å²) >= 11 is 0. The minimum atomic E-state index is -3.32. The third kappa shape index (κ3) is 7.84. The van der Waals surface area contributed by atoms with Gasteiger partial charge in [-0.25, -0.2) is 19.6 Å². The highest BCUT2D eigenvalue weighted by atomic mass is 19.3. The number of hydrogen-bond acceptors (Lipinski definition) is 10. The van der Waals surface area contributed by atoms with Gasteiger partial charge >= 0.3 is 12.2 Å². The van der Waals surface area contributed by atoms with Gasteiger partial charge < -0.3 is 49.3 Å². The van der Waals surface area contributed by atoms with Crippen molar-refractivity contribution in [2.75, 3.05) is 34.0 Å². The number of carbonyl (C=O) groups excluding carboxylic acids is 4. The average Bonchev–Trinajstić information content (AvgIpc) is 4.20. The van der Waals surface area contributed by atoms with Crippen LogP contribution < -0.4 is 10.6 Å². The molecule has 5 aliphatic rings. The number of halogens is 2. The lowest BCUT2D eigenvalue weighted by atomic mass is 9.95. The quantitative estimate of drug-likeness (QED) is 0.106. The largest absolute Gasteiger partial charge is 0.453 e. The normalized spacial score (nSPS) is 22.6.